The van der Waals surface area contributed by atoms with Gasteiger partial charge in [0.15, 0.2) is 0 Å². The molecule has 0 atom stereocenters. The molecule has 32 heavy (non-hydrogen) atoms. The Morgan fingerprint density at radius 3 is 0.750 bits per heavy atom. The lowest BCUT2D eigenvalue weighted by atomic mass is 10.0. The minimum atomic E-state index is -0.636. The average Bonchev–Trinajstić information content (AvgIpc) is 2.81. The highest BCUT2D eigenvalue weighted by molar-refractivity contribution is 7.75. The molecule has 0 heterocycles. The Labute approximate surface area is 207 Å². The van der Waals surface area contributed by atoms with Crippen molar-refractivity contribution in [2.24, 2.45) is 0 Å². The van der Waals surface area contributed by atoms with Gasteiger partial charge in [0.05, 0.1) is 24.6 Å². The first-order valence-corrected chi connectivity index (χ1v) is 18.1. The summed E-state index contributed by atoms with van der Waals surface area (Å²) < 4.78 is 0. The van der Waals surface area contributed by atoms with Crippen molar-refractivity contribution >= 4 is 7.26 Å². The van der Waals surface area contributed by atoms with Gasteiger partial charge in [-0.1, -0.05) is 143 Å². The van der Waals surface area contributed by atoms with Gasteiger partial charge in [0, 0.05) is 7.26 Å². The maximum Gasteiger partial charge on any atom is 0.0594 e. The molecule has 0 nitrogen and oxygen atoms in total. The summed E-state index contributed by atoms with van der Waals surface area (Å²) in [5.41, 5.74) is 0. The van der Waals surface area contributed by atoms with E-state index in [4.69, 9.17) is 0 Å². The standard InChI is InChI=1S/C31H66P/c1-5-9-13-14-15-16-17-18-19-20-21-22-23-24-25-26-27-31-32(28-10-6-2,29-11-7-3)30-12-8-4/h5-31H2,1-4H3/q+1. The van der Waals surface area contributed by atoms with E-state index in [2.05, 4.69) is 27.7 Å². The monoisotopic (exact) mass is 469 g/mol. The van der Waals surface area contributed by atoms with Gasteiger partial charge >= 0.3 is 0 Å². The van der Waals surface area contributed by atoms with E-state index in [1.165, 1.54) is 141 Å². The highest BCUT2D eigenvalue weighted by Crippen LogP contribution is 2.61. The molecule has 0 fully saturated rings. The maximum absolute atomic E-state index is 2.39. The molecule has 1 heteroatoms. The van der Waals surface area contributed by atoms with Gasteiger partial charge in [-0.2, -0.15) is 0 Å². The van der Waals surface area contributed by atoms with Crippen molar-refractivity contribution in [2.45, 2.75) is 175 Å². The molecule has 0 aromatic rings. The molecule has 0 N–H and O–H groups in total. The molecule has 0 rings (SSSR count). The molecule has 0 spiro atoms. The summed E-state index contributed by atoms with van der Waals surface area (Å²) in [5, 5.41) is 0. The summed E-state index contributed by atoms with van der Waals surface area (Å²) in [7, 11) is -0.636. The minimum Gasteiger partial charge on any atom is -0.0654 e. The van der Waals surface area contributed by atoms with Crippen molar-refractivity contribution in [3.63, 3.8) is 0 Å². The van der Waals surface area contributed by atoms with Crippen LogP contribution in [0.4, 0.5) is 0 Å². The molecule has 0 radical (unpaired) electrons. The zero-order valence-corrected chi connectivity index (χ0v) is 24.4. The summed E-state index contributed by atoms with van der Waals surface area (Å²) in [6.45, 7) is 9.49. The first-order chi connectivity index (χ1) is 15.7. The number of hydrogen-bond acceptors (Lipinski definition) is 0. The largest absolute Gasteiger partial charge is 0.0654 e. The second-order valence-electron chi connectivity index (χ2n) is 11.0. The van der Waals surface area contributed by atoms with Crippen molar-refractivity contribution in [3.8, 4) is 0 Å². The van der Waals surface area contributed by atoms with Crippen LogP contribution in [-0.4, -0.2) is 24.6 Å². The molecule has 0 bridgehead atoms. The molecule has 0 aliphatic carbocycles. The smallest absolute Gasteiger partial charge is 0.0594 e. The molecular weight excluding hydrogens is 403 g/mol. The maximum atomic E-state index is 2.39. The van der Waals surface area contributed by atoms with Crippen molar-refractivity contribution in [2.75, 3.05) is 24.6 Å². The first kappa shape index (κ1) is 32.4. The second-order valence-corrected chi connectivity index (χ2v) is 15.4. The topological polar surface area (TPSA) is 0 Å². The van der Waals surface area contributed by atoms with Gasteiger partial charge in [-0.15, -0.1) is 0 Å². The Balaban J connectivity index is 3.67. The van der Waals surface area contributed by atoms with Crippen molar-refractivity contribution in [3.05, 3.63) is 0 Å². The fraction of sp³-hybridized carbons (Fsp3) is 1.00. The average molecular weight is 470 g/mol. The lowest BCUT2D eigenvalue weighted by Crippen LogP contribution is -2.13. The fourth-order valence-electron chi connectivity index (χ4n) is 5.32. The lowest BCUT2D eigenvalue weighted by Gasteiger charge is -2.28. The second kappa shape index (κ2) is 26.0. The van der Waals surface area contributed by atoms with Crippen molar-refractivity contribution < 1.29 is 0 Å². The SMILES string of the molecule is CCCCCCCCCCCCCCCCCCC[P+](CCCC)(CCCC)CCCC. The molecule has 0 unspecified atom stereocenters. The normalized spacial score (nSPS) is 12.0. The molecular formula is C31H66P+. The van der Waals surface area contributed by atoms with E-state index in [9.17, 15) is 0 Å². The quantitative estimate of drug-likeness (QED) is 0.0828. The summed E-state index contributed by atoms with van der Waals surface area (Å²) in [6, 6.07) is 0. The Bertz CT molecular complexity index is 316. The molecule has 0 amide bonds. The van der Waals surface area contributed by atoms with E-state index in [1.54, 1.807) is 31.1 Å². The molecule has 0 aliphatic rings. The first-order valence-electron chi connectivity index (χ1n) is 15.6. The molecule has 0 saturated carbocycles. The Morgan fingerprint density at radius 2 is 0.469 bits per heavy atom. The summed E-state index contributed by atoms with van der Waals surface area (Å²) in [4.78, 5) is 0. The van der Waals surface area contributed by atoms with Gasteiger partial charge < -0.3 is 0 Å². The number of hydrogen-bond donors (Lipinski definition) is 0. The van der Waals surface area contributed by atoms with Crippen LogP contribution in [0, 0.1) is 0 Å². The molecule has 0 aliphatic heterocycles. The highest BCUT2D eigenvalue weighted by Gasteiger charge is 2.34. The zero-order chi connectivity index (χ0) is 23.6. The van der Waals surface area contributed by atoms with E-state index in [-0.39, 0.29) is 0 Å². The van der Waals surface area contributed by atoms with Crippen LogP contribution >= 0.6 is 7.26 Å². The van der Waals surface area contributed by atoms with E-state index < -0.39 is 7.26 Å². The predicted molar refractivity (Wildman–Crippen MR) is 155 cm³/mol. The Morgan fingerprint density at radius 1 is 0.250 bits per heavy atom. The summed E-state index contributed by atoms with van der Waals surface area (Å²) in [6.07, 6.45) is 40.5. The van der Waals surface area contributed by atoms with Gasteiger partial charge in [-0.3, -0.25) is 0 Å². The van der Waals surface area contributed by atoms with Crippen LogP contribution in [0.3, 0.4) is 0 Å². The third kappa shape index (κ3) is 21.0. The van der Waals surface area contributed by atoms with E-state index in [1.807, 2.05) is 0 Å². The summed E-state index contributed by atoms with van der Waals surface area (Å²) in [5.74, 6) is 0. The van der Waals surface area contributed by atoms with Crippen molar-refractivity contribution in [1.29, 1.82) is 0 Å². The number of unbranched alkanes of at least 4 members (excludes halogenated alkanes) is 19. The van der Waals surface area contributed by atoms with Crippen LogP contribution in [0.25, 0.3) is 0 Å². The van der Waals surface area contributed by atoms with E-state index in [0.717, 1.165) is 0 Å². The zero-order valence-electron chi connectivity index (χ0n) is 23.5. The van der Waals surface area contributed by atoms with Gasteiger partial charge in [0.25, 0.3) is 0 Å². The van der Waals surface area contributed by atoms with Gasteiger partial charge in [-0.05, 0) is 32.1 Å². The molecule has 194 valence electrons. The van der Waals surface area contributed by atoms with Crippen LogP contribution < -0.4 is 0 Å². The van der Waals surface area contributed by atoms with E-state index in [0.29, 0.717) is 0 Å². The third-order valence-corrected chi connectivity index (χ3v) is 12.8. The minimum absolute atomic E-state index is 0.636. The van der Waals surface area contributed by atoms with Crippen LogP contribution in [0.5, 0.6) is 0 Å². The number of rotatable bonds is 27. The van der Waals surface area contributed by atoms with Gasteiger partial charge in [-0.25, -0.2) is 0 Å². The van der Waals surface area contributed by atoms with Gasteiger partial charge in [0.2, 0.25) is 0 Å². The highest BCUT2D eigenvalue weighted by atomic mass is 31.2. The van der Waals surface area contributed by atoms with Crippen molar-refractivity contribution in [1.82, 2.24) is 0 Å². The van der Waals surface area contributed by atoms with E-state index >= 15 is 0 Å². The predicted octanol–water partition coefficient (Wildman–Crippen LogP) is 12.1. The molecule has 0 aromatic carbocycles. The van der Waals surface area contributed by atoms with Crippen LogP contribution in [0.2, 0.25) is 0 Å². The van der Waals surface area contributed by atoms with Gasteiger partial charge in [0.1, 0.15) is 0 Å². The molecule has 0 aromatic heterocycles. The lowest BCUT2D eigenvalue weighted by molar-refractivity contribution is 0.529. The third-order valence-electron chi connectivity index (χ3n) is 7.69. The molecule has 0 saturated heterocycles. The van der Waals surface area contributed by atoms with Crippen LogP contribution in [0.1, 0.15) is 175 Å². The Kier molecular flexibility index (Phi) is 26.4. The van der Waals surface area contributed by atoms with Crippen LogP contribution in [-0.2, 0) is 0 Å². The van der Waals surface area contributed by atoms with Crippen LogP contribution in [0.15, 0.2) is 0 Å². The fourth-order valence-corrected chi connectivity index (χ4v) is 10.5. The Hall–Kier alpha value is 0.430. The summed E-state index contributed by atoms with van der Waals surface area (Å²) >= 11 is 0.